The van der Waals surface area contributed by atoms with Gasteiger partial charge >= 0.3 is 0 Å². The minimum absolute atomic E-state index is 0.396. The van der Waals surface area contributed by atoms with Crippen LogP contribution in [0.15, 0.2) is 36.4 Å². The fourth-order valence-electron chi connectivity index (χ4n) is 1.40. The molecule has 0 radical (unpaired) electrons. The number of nitrogens with two attached hydrogens (primary N) is 1. The Morgan fingerprint density at radius 3 is 2.25 bits per heavy atom. The average molecular weight is 253 g/mol. The second kappa shape index (κ2) is 4.83. The molecule has 2 nitrogen and oxygen atoms in total. The molecule has 0 fully saturated rings. The Balaban J connectivity index is 2.41. The molecule has 2 aromatic rings. The van der Waals surface area contributed by atoms with Crippen LogP contribution >= 0.6 is 23.2 Å². The minimum atomic E-state index is 0.396. The number of benzene rings is 1. The monoisotopic (exact) mass is 252 g/mol. The zero-order valence-corrected chi connectivity index (χ0v) is 9.96. The standard InChI is InChI=1S/C12H10Cl2N2/c13-10-4-1-8(2-5-10)11-6-3-9(7-15)12(14)16-11/h1-6H,7,15H2. The molecule has 0 amide bonds. The van der Waals surface area contributed by atoms with Crippen molar-refractivity contribution in [3.8, 4) is 11.3 Å². The molecule has 0 spiro atoms. The number of hydrogen-bond donors (Lipinski definition) is 1. The first-order chi connectivity index (χ1) is 7.70. The first-order valence-electron chi connectivity index (χ1n) is 4.82. The van der Waals surface area contributed by atoms with Crippen molar-refractivity contribution in [1.82, 2.24) is 4.98 Å². The maximum absolute atomic E-state index is 5.99. The third-order valence-corrected chi connectivity index (χ3v) is 2.87. The van der Waals surface area contributed by atoms with Crippen molar-refractivity contribution >= 4 is 23.2 Å². The van der Waals surface area contributed by atoms with Crippen molar-refractivity contribution in [3.63, 3.8) is 0 Å². The summed E-state index contributed by atoms with van der Waals surface area (Å²) in [5.74, 6) is 0. The lowest BCUT2D eigenvalue weighted by Crippen LogP contribution is -1.98. The van der Waals surface area contributed by atoms with Crippen LogP contribution in [0.25, 0.3) is 11.3 Å². The van der Waals surface area contributed by atoms with E-state index in [0.717, 1.165) is 16.8 Å². The molecule has 16 heavy (non-hydrogen) atoms. The normalized spacial score (nSPS) is 10.4. The number of pyridine rings is 1. The van der Waals surface area contributed by atoms with Crippen LogP contribution in [0, 0.1) is 0 Å². The highest BCUT2D eigenvalue weighted by Crippen LogP contribution is 2.23. The molecular formula is C12H10Cl2N2. The van der Waals surface area contributed by atoms with Crippen molar-refractivity contribution in [2.24, 2.45) is 5.73 Å². The largest absolute Gasteiger partial charge is 0.326 e. The topological polar surface area (TPSA) is 38.9 Å². The van der Waals surface area contributed by atoms with Gasteiger partial charge < -0.3 is 5.73 Å². The van der Waals surface area contributed by atoms with Crippen LogP contribution < -0.4 is 5.73 Å². The molecule has 2 rings (SSSR count). The van der Waals surface area contributed by atoms with E-state index in [2.05, 4.69) is 4.98 Å². The SMILES string of the molecule is NCc1ccc(-c2ccc(Cl)cc2)nc1Cl. The quantitative estimate of drug-likeness (QED) is 0.831. The van der Waals surface area contributed by atoms with Gasteiger partial charge in [0.2, 0.25) is 0 Å². The van der Waals surface area contributed by atoms with Crippen LogP contribution in [0.4, 0.5) is 0 Å². The smallest absolute Gasteiger partial charge is 0.134 e. The summed E-state index contributed by atoms with van der Waals surface area (Å²) in [6, 6.07) is 11.2. The van der Waals surface area contributed by atoms with Gasteiger partial charge in [-0.15, -0.1) is 0 Å². The van der Waals surface area contributed by atoms with Gasteiger partial charge in [-0.25, -0.2) is 4.98 Å². The predicted molar refractivity (Wildman–Crippen MR) is 67.6 cm³/mol. The van der Waals surface area contributed by atoms with Crippen LogP contribution in [0.1, 0.15) is 5.56 Å². The lowest BCUT2D eigenvalue weighted by atomic mass is 10.1. The Morgan fingerprint density at radius 2 is 1.69 bits per heavy atom. The Morgan fingerprint density at radius 1 is 1.00 bits per heavy atom. The first-order valence-corrected chi connectivity index (χ1v) is 5.57. The van der Waals surface area contributed by atoms with E-state index in [0.29, 0.717) is 16.7 Å². The minimum Gasteiger partial charge on any atom is -0.326 e. The highest BCUT2D eigenvalue weighted by atomic mass is 35.5. The molecule has 0 saturated carbocycles. The summed E-state index contributed by atoms with van der Waals surface area (Å²) < 4.78 is 0. The number of hydrogen-bond acceptors (Lipinski definition) is 2. The van der Waals surface area contributed by atoms with E-state index in [1.165, 1.54) is 0 Å². The molecule has 1 aromatic carbocycles. The molecule has 1 aromatic heterocycles. The van der Waals surface area contributed by atoms with Gasteiger partial charge in [-0.2, -0.15) is 0 Å². The van der Waals surface area contributed by atoms with Crippen molar-refractivity contribution in [3.05, 3.63) is 52.1 Å². The molecule has 4 heteroatoms. The summed E-state index contributed by atoms with van der Waals surface area (Å²) in [6.07, 6.45) is 0. The van der Waals surface area contributed by atoms with Crippen LogP contribution in [-0.4, -0.2) is 4.98 Å². The number of rotatable bonds is 2. The fraction of sp³-hybridized carbons (Fsp3) is 0.0833. The number of halogens is 2. The van der Waals surface area contributed by atoms with Gasteiger partial charge in [-0.05, 0) is 18.2 Å². The lowest BCUT2D eigenvalue weighted by Gasteiger charge is -2.04. The molecule has 0 bridgehead atoms. The highest BCUT2D eigenvalue weighted by molar-refractivity contribution is 6.30. The summed E-state index contributed by atoms with van der Waals surface area (Å²) in [5, 5.41) is 1.16. The maximum atomic E-state index is 5.99. The van der Waals surface area contributed by atoms with Crippen molar-refractivity contribution in [2.45, 2.75) is 6.54 Å². The van der Waals surface area contributed by atoms with Gasteiger partial charge in [0.1, 0.15) is 5.15 Å². The molecule has 2 N–H and O–H groups in total. The zero-order valence-electron chi connectivity index (χ0n) is 8.45. The number of aromatic nitrogens is 1. The second-order valence-corrected chi connectivity index (χ2v) is 4.15. The Labute approximate surface area is 104 Å². The second-order valence-electron chi connectivity index (χ2n) is 3.36. The van der Waals surface area contributed by atoms with Crippen molar-refractivity contribution in [1.29, 1.82) is 0 Å². The molecular weight excluding hydrogens is 243 g/mol. The van der Waals surface area contributed by atoms with Gasteiger partial charge in [-0.3, -0.25) is 0 Å². The van der Waals surface area contributed by atoms with Gasteiger partial charge in [0.25, 0.3) is 0 Å². The summed E-state index contributed by atoms with van der Waals surface area (Å²) in [4.78, 5) is 4.29. The summed E-state index contributed by atoms with van der Waals surface area (Å²) >= 11 is 11.8. The third-order valence-electron chi connectivity index (χ3n) is 2.29. The number of nitrogens with zero attached hydrogens (tertiary/aromatic N) is 1. The van der Waals surface area contributed by atoms with E-state index in [9.17, 15) is 0 Å². The Bertz CT molecular complexity index is 495. The highest BCUT2D eigenvalue weighted by Gasteiger charge is 2.04. The van der Waals surface area contributed by atoms with E-state index in [1.807, 2.05) is 36.4 Å². The summed E-state index contributed by atoms with van der Waals surface area (Å²) in [5.41, 5.74) is 8.16. The van der Waals surface area contributed by atoms with Gasteiger partial charge in [0.05, 0.1) is 5.69 Å². The molecule has 0 aliphatic carbocycles. The fourth-order valence-corrected chi connectivity index (χ4v) is 1.75. The lowest BCUT2D eigenvalue weighted by molar-refractivity contribution is 1.05. The maximum Gasteiger partial charge on any atom is 0.134 e. The van der Waals surface area contributed by atoms with E-state index in [1.54, 1.807) is 0 Å². The van der Waals surface area contributed by atoms with Crippen molar-refractivity contribution < 1.29 is 0 Å². The Kier molecular flexibility index (Phi) is 3.44. The summed E-state index contributed by atoms with van der Waals surface area (Å²) in [6.45, 7) is 0.396. The average Bonchev–Trinajstić information content (AvgIpc) is 2.30. The van der Waals surface area contributed by atoms with Crippen LogP contribution in [-0.2, 0) is 6.54 Å². The first kappa shape index (κ1) is 11.4. The van der Waals surface area contributed by atoms with Crippen LogP contribution in [0.5, 0.6) is 0 Å². The molecule has 1 heterocycles. The van der Waals surface area contributed by atoms with Gasteiger partial charge in [-0.1, -0.05) is 41.4 Å². The van der Waals surface area contributed by atoms with E-state index < -0.39 is 0 Å². The van der Waals surface area contributed by atoms with Crippen LogP contribution in [0.2, 0.25) is 10.2 Å². The zero-order chi connectivity index (χ0) is 11.5. The van der Waals surface area contributed by atoms with Gasteiger partial charge in [0, 0.05) is 22.7 Å². The molecule has 0 atom stereocenters. The molecule has 0 aliphatic rings. The van der Waals surface area contributed by atoms with Gasteiger partial charge in [0.15, 0.2) is 0 Å². The van der Waals surface area contributed by atoms with E-state index in [4.69, 9.17) is 28.9 Å². The molecule has 0 aliphatic heterocycles. The molecule has 0 saturated heterocycles. The molecule has 82 valence electrons. The predicted octanol–water partition coefficient (Wildman–Crippen LogP) is 3.51. The summed E-state index contributed by atoms with van der Waals surface area (Å²) in [7, 11) is 0. The Hall–Kier alpha value is -1.09. The van der Waals surface area contributed by atoms with Crippen LogP contribution in [0.3, 0.4) is 0 Å². The van der Waals surface area contributed by atoms with E-state index in [-0.39, 0.29) is 0 Å². The van der Waals surface area contributed by atoms with E-state index >= 15 is 0 Å². The van der Waals surface area contributed by atoms with Crippen molar-refractivity contribution in [2.75, 3.05) is 0 Å². The third kappa shape index (κ3) is 2.35. The molecule has 0 unspecified atom stereocenters.